The van der Waals surface area contributed by atoms with Crippen LogP contribution in [0.3, 0.4) is 0 Å². The fourth-order valence-electron chi connectivity index (χ4n) is 6.99. The minimum absolute atomic E-state index is 0.106. The van der Waals surface area contributed by atoms with Crippen molar-refractivity contribution in [3.05, 3.63) is 128 Å². The predicted molar refractivity (Wildman–Crippen MR) is 223 cm³/mol. The zero-order valence-corrected chi connectivity index (χ0v) is 35.4. The smallest absolute Gasteiger partial charge is 0.494 e. The highest BCUT2D eigenvalue weighted by atomic mass is 35.5. The van der Waals surface area contributed by atoms with E-state index in [1.165, 1.54) is 0 Å². The maximum atomic E-state index is 14.5. The molecule has 0 spiro atoms. The van der Waals surface area contributed by atoms with Crippen molar-refractivity contribution in [2.75, 3.05) is 33.0 Å². The Morgan fingerprint density at radius 2 is 1.03 bits per heavy atom. The van der Waals surface area contributed by atoms with Crippen molar-refractivity contribution in [1.82, 2.24) is 0 Å². The van der Waals surface area contributed by atoms with Crippen LogP contribution >= 0.6 is 23.2 Å². The Hall–Kier alpha value is -4.09. The Balaban J connectivity index is 0.000000234. The maximum absolute atomic E-state index is 14.5. The van der Waals surface area contributed by atoms with Crippen LogP contribution in [0.5, 0.6) is 11.5 Å². The minimum Gasteiger partial charge on any atom is -0.494 e. The van der Waals surface area contributed by atoms with Crippen LogP contribution in [0, 0.1) is 0 Å². The largest absolute Gasteiger partial charge is 0.508 e. The molecule has 61 heavy (non-hydrogen) atoms. The SMILES string of the molecule is CCOC(=O)OCC1OC(c2ccc(Cl)c(Cc3ccc(OCC)cc3)c2)C(O)C(O)C1F.CCOc1ccc(Cc2cc(C3OC(CO)C(F)C(O)C3O)ccc2Cl)cc1. The molecule has 2 heterocycles. The van der Waals surface area contributed by atoms with Crippen molar-refractivity contribution in [2.45, 2.75) is 94.8 Å². The van der Waals surface area contributed by atoms with E-state index < -0.39 is 80.5 Å². The summed E-state index contributed by atoms with van der Waals surface area (Å²) in [4.78, 5) is 11.4. The number of aliphatic hydroxyl groups is 5. The van der Waals surface area contributed by atoms with Crippen LogP contribution in [-0.4, -0.2) is 114 Å². The molecular weight excluding hydrogens is 841 g/mol. The molecule has 2 saturated heterocycles. The van der Waals surface area contributed by atoms with Gasteiger partial charge in [-0.2, -0.15) is 0 Å². The molecule has 16 heteroatoms. The number of ether oxygens (including phenoxy) is 6. The lowest BCUT2D eigenvalue weighted by Crippen LogP contribution is -2.53. The second kappa shape index (κ2) is 22.8. The van der Waals surface area contributed by atoms with E-state index in [2.05, 4.69) is 4.74 Å². The van der Waals surface area contributed by atoms with Gasteiger partial charge < -0.3 is 54.0 Å². The van der Waals surface area contributed by atoms with Gasteiger partial charge in [0.25, 0.3) is 0 Å². The van der Waals surface area contributed by atoms with Crippen LogP contribution in [0.2, 0.25) is 10.0 Å². The summed E-state index contributed by atoms with van der Waals surface area (Å²) in [5.41, 5.74) is 4.65. The lowest BCUT2D eigenvalue weighted by atomic mass is 9.90. The number of hydrogen-bond acceptors (Lipinski definition) is 12. The van der Waals surface area contributed by atoms with Gasteiger partial charge in [0.05, 0.1) is 26.4 Å². The standard InChI is InChI=1S/C24H28ClFO7.C21H24ClFO5/c1-3-30-17-8-5-14(6-9-17)11-16-12-15(7-10-18(16)25)23-22(28)21(27)20(26)19(33-23)13-32-24(29)31-4-2;1-2-27-15-6-3-12(4-7-15)9-14-10-13(5-8-16(14)22)21-20(26)19(25)18(23)17(11-24)28-21/h5-10,12,19-23,27-28H,3-4,11,13H2,1-2H3;3-8,10,17-21,24-26H,2,9,11H2,1H3. The van der Waals surface area contributed by atoms with E-state index in [0.717, 1.165) is 33.8 Å². The zero-order valence-electron chi connectivity index (χ0n) is 33.9. The van der Waals surface area contributed by atoms with E-state index >= 15 is 0 Å². The molecule has 0 bridgehead atoms. The third-order valence-corrected chi connectivity index (χ3v) is 10.9. The Kier molecular flexibility index (Phi) is 18.0. The van der Waals surface area contributed by atoms with Gasteiger partial charge in [-0.3, -0.25) is 0 Å². The number of hydrogen-bond donors (Lipinski definition) is 5. The molecule has 2 aliphatic rings. The summed E-state index contributed by atoms with van der Waals surface area (Å²) in [6.45, 7) is 5.67. The lowest BCUT2D eigenvalue weighted by Gasteiger charge is -2.39. The van der Waals surface area contributed by atoms with Gasteiger partial charge in [-0.05, 0) is 103 Å². The van der Waals surface area contributed by atoms with Gasteiger partial charge in [-0.25, -0.2) is 13.6 Å². The van der Waals surface area contributed by atoms with Crippen molar-refractivity contribution in [2.24, 2.45) is 0 Å². The molecule has 0 aliphatic carbocycles. The van der Waals surface area contributed by atoms with E-state index in [1.807, 2.05) is 62.4 Å². The molecule has 4 aromatic carbocycles. The van der Waals surface area contributed by atoms with Crippen LogP contribution in [0.1, 0.15) is 66.4 Å². The summed E-state index contributed by atoms with van der Waals surface area (Å²) in [5.74, 6) is 1.56. The van der Waals surface area contributed by atoms with Gasteiger partial charge in [-0.1, -0.05) is 71.7 Å². The number of benzene rings is 4. The average molecular weight is 894 g/mol. The summed E-state index contributed by atoms with van der Waals surface area (Å²) < 4.78 is 60.1. The Bertz CT molecular complexity index is 1990. The summed E-state index contributed by atoms with van der Waals surface area (Å²) in [5, 5.41) is 51.3. The highest BCUT2D eigenvalue weighted by molar-refractivity contribution is 6.31. The van der Waals surface area contributed by atoms with Gasteiger partial charge in [-0.15, -0.1) is 0 Å². The van der Waals surface area contributed by atoms with Crippen molar-refractivity contribution in [3.63, 3.8) is 0 Å². The number of carbonyl (C=O) groups is 1. The Morgan fingerprint density at radius 1 is 0.607 bits per heavy atom. The summed E-state index contributed by atoms with van der Waals surface area (Å²) in [6.07, 6.45) is -14.5. The molecule has 6 rings (SSSR count). The minimum atomic E-state index is -1.94. The molecule has 12 nitrogen and oxygen atoms in total. The predicted octanol–water partition coefficient (Wildman–Crippen LogP) is 6.82. The Morgan fingerprint density at radius 3 is 1.44 bits per heavy atom. The number of halogens is 4. The monoisotopic (exact) mass is 892 g/mol. The van der Waals surface area contributed by atoms with E-state index in [1.54, 1.807) is 43.3 Å². The first-order chi connectivity index (χ1) is 29.3. The molecule has 2 fully saturated rings. The van der Waals surface area contributed by atoms with Gasteiger partial charge in [0.1, 0.15) is 66.9 Å². The van der Waals surface area contributed by atoms with Crippen molar-refractivity contribution in [3.8, 4) is 11.5 Å². The zero-order chi connectivity index (χ0) is 44.2. The fraction of sp³-hybridized carbons (Fsp3) is 0.444. The van der Waals surface area contributed by atoms with Crippen LogP contribution in [-0.2, 0) is 31.8 Å². The molecule has 0 radical (unpaired) electrons. The number of aliphatic hydroxyl groups excluding tert-OH is 5. The second-order valence-electron chi connectivity index (χ2n) is 14.4. The first-order valence-electron chi connectivity index (χ1n) is 20.0. The lowest BCUT2D eigenvalue weighted by molar-refractivity contribution is -0.215. The van der Waals surface area contributed by atoms with E-state index in [9.17, 15) is 39.1 Å². The van der Waals surface area contributed by atoms with Gasteiger partial charge in [0.2, 0.25) is 0 Å². The third kappa shape index (κ3) is 12.5. The van der Waals surface area contributed by atoms with Crippen LogP contribution < -0.4 is 9.47 Å². The van der Waals surface area contributed by atoms with Gasteiger partial charge >= 0.3 is 6.16 Å². The third-order valence-electron chi connectivity index (χ3n) is 10.2. The molecule has 5 N–H and O–H groups in total. The van der Waals surface area contributed by atoms with Gasteiger partial charge in [0, 0.05) is 10.0 Å². The molecular formula is C45H52Cl2F2O12. The van der Waals surface area contributed by atoms with E-state index in [-0.39, 0.29) is 6.61 Å². The first-order valence-corrected chi connectivity index (χ1v) is 20.8. The molecule has 4 aromatic rings. The molecule has 2 aliphatic heterocycles. The number of rotatable bonds is 14. The van der Waals surface area contributed by atoms with Crippen LogP contribution in [0.15, 0.2) is 84.9 Å². The maximum Gasteiger partial charge on any atom is 0.508 e. The van der Waals surface area contributed by atoms with Crippen molar-refractivity contribution >= 4 is 29.4 Å². The fourth-order valence-corrected chi connectivity index (χ4v) is 7.36. The molecule has 0 aromatic heterocycles. The molecule has 0 amide bonds. The molecule has 10 atom stereocenters. The Labute approximate surface area is 363 Å². The molecule has 10 unspecified atom stereocenters. The van der Waals surface area contributed by atoms with Gasteiger partial charge in [0.15, 0.2) is 12.3 Å². The number of alkyl halides is 2. The highest BCUT2D eigenvalue weighted by Gasteiger charge is 2.47. The summed E-state index contributed by atoms with van der Waals surface area (Å²) in [6, 6.07) is 25.4. The molecule has 332 valence electrons. The summed E-state index contributed by atoms with van der Waals surface area (Å²) >= 11 is 12.7. The topological polar surface area (TPSA) is 174 Å². The average Bonchev–Trinajstić information content (AvgIpc) is 3.25. The van der Waals surface area contributed by atoms with E-state index in [4.69, 9.17) is 46.9 Å². The number of carbonyl (C=O) groups excluding carboxylic acids is 1. The van der Waals surface area contributed by atoms with E-state index in [0.29, 0.717) is 47.2 Å². The van der Waals surface area contributed by atoms with Crippen molar-refractivity contribution in [1.29, 1.82) is 0 Å². The van der Waals surface area contributed by atoms with Crippen molar-refractivity contribution < 1.29 is 67.5 Å². The summed E-state index contributed by atoms with van der Waals surface area (Å²) in [7, 11) is 0. The highest BCUT2D eigenvalue weighted by Crippen LogP contribution is 2.37. The van der Waals surface area contributed by atoms with Crippen LogP contribution in [0.4, 0.5) is 13.6 Å². The second-order valence-corrected chi connectivity index (χ2v) is 15.2. The quantitative estimate of drug-likeness (QED) is 0.0838. The normalized spacial score (nSPS) is 26.1. The molecule has 0 saturated carbocycles. The first kappa shape index (κ1) is 48.0. The van der Waals surface area contributed by atoms with Crippen LogP contribution in [0.25, 0.3) is 0 Å².